The van der Waals surface area contributed by atoms with E-state index in [1.54, 1.807) is 12.1 Å². The molecule has 0 atom stereocenters. The minimum Gasteiger partial charge on any atom is -0.390 e. The molecule has 0 aromatic heterocycles. The number of rotatable bonds is 7. The van der Waals surface area contributed by atoms with Crippen molar-refractivity contribution in [2.75, 3.05) is 26.2 Å². The summed E-state index contributed by atoms with van der Waals surface area (Å²) in [6, 6.07) is 15.7. The van der Waals surface area contributed by atoms with Crippen molar-refractivity contribution in [2.45, 2.75) is 45.4 Å². The first-order valence-electron chi connectivity index (χ1n) is 9.87. The van der Waals surface area contributed by atoms with Crippen LogP contribution in [0.5, 0.6) is 0 Å². The van der Waals surface area contributed by atoms with Gasteiger partial charge in [-0.15, -0.1) is 0 Å². The Kier molecular flexibility index (Phi) is 6.64. The van der Waals surface area contributed by atoms with Crippen LogP contribution in [0, 0.1) is 5.82 Å². The molecule has 1 saturated heterocycles. The van der Waals surface area contributed by atoms with E-state index < -0.39 is 5.60 Å². The van der Waals surface area contributed by atoms with Crippen LogP contribution in [0.2, 0.25) is 0 Å². The van der Waals surface area contributed by atoms with Crippen molar-refractivity contribution in [3.05, 3.63) is 71.0 Å². The minimum absolute atomic E-state index is 0.155. The molecule has 1 aliphatic heterocycles. The Labute approximate surface area is 162 Å². The first-order valence-corrected chi connectivity index (χ1v) is 9.87. The number of halogens is 1. The fourth-order valence-corrected chi connectivity index (χ4v) is 3.52. The van der Waals surface area contributed by atoms with Crippen LogP contribution in [0.15, 0.2) is 48.5 Å². The van der Waals surface area contributed by atoms with Crippen LogP contribution in [0.3, 0.4) is 0 Å². The lowest BCUT2D eigenvalue weighted by Gasteiger charge is -2.34. The van der Waals surface area contributed by atoms with Gasteiger partial charge in [0.15, 0.2) is 0 Å². The number of aliphatic hydroxyl groups is 1. The number of piperazine rings is 1. The van der Waals surface area contributed by atoms with Crippen molar-refractivity contribution in [1.29, 1.82) is 0 Å². The van der Waals surface area contributed by atoms with E-state index in [0.717, 1.165) is 57.7 Å². The van der Waals surface area contributed by atoms with E-state index in [0.29, 0.717) is 0 Å². The summed E-state index contributed by atoms with van der Waals surface area (Å²) >= 11 is 0. The number of hydrogen-bond acceptors (Lipinski definition) is 3. The van der Waals surface area contributed by atoms with Gasteiger partial charge >= 0.3 is 0 Å². The zero-order chi connectivity index (χ0) is 19.3. The summed E-state index contributed by atoms with van der Waals surface area (Å²) in [5.41, 5.74) is 3.05. The van der Waals surface area contributed by atoms with Gasteiger partial charge in [0.05, 0.1) is 5.60 Å². The molecule has 1 N–H and O–H groups in total. The molecule has 4 heteroatoms. The van der Waals surface area contributed by atoms with E-state index >= 15 is 0 Å². The van der Waals surface area contributed by atoms with E-state index in [-0.39, 0.29) is 5.82 Å². The second-order valence-electron chi connectivity index (χ2n) is 8.31. The molecule has 0 unspecified atom stereocenters. The number of aryl methyl sites for hydroxylation is 1. The third-order valence-corrected chi connectivity index (χ3v) is 5.21. The van der Waals surface area contributed by atoms with Crippen LogP contribution < -0.4 is 0 Å². The van der Waals surface area contributed by atoms with Gasteiger partial charge < -0.3 is 5.11 Å². The summed E-state index contributed by atoms with van der Waals surface area (Å²) < 4.78 is 13.3. The maximum atomic E-state index is 13.3. The van der Waals surface area contributed by atoms with E-state index in [9.17, 15) is 9.50 Å². The van der Waals surface area contributed by atoms with Gasteiger partial charge in [-0.3, -0.25) is 9.80 Å². The third-order valence-electron chi connectivity index (χ3n) is 5.21. The molecule has 0 bridgehead atoms. The van der Waals surface area contributed by atoms with E-state index in [4.69, 9.17) is 0 Å². The SMILES string of the molecule is CC(C)(O)CCc1ccc(CN2CCN(Cc3cccc(F)c3)CC2)cc1. The van der Waals surface area contributed by atoms with Gasteiger partial charge in [-0.2, -0.15) is 0 Å². The van der Waals surface area contributed by atoms with Crippen LogP contribution in [0.4, 0.5) is 4.39 Å². The summed E-state index contributed by atoms with van der Waals surface area (Å²) in [5, 5.41) is 9.85. The van der Waals surface area contributed by atoms with Gasteiger partial charge in [-0.1, -0.05) is 36.4 Å². The fraction of sp³-hybridized carbons (Fsp3) is 0.478. The van der Waals surface area contributed by atoms with Crippen molar-refractivity contribution in [3.63, 3.8) is 0 Å². The molecule has 2 aromatic rings. The van der Waals surface area contributed by atoms with Crippen LogP contribution in [0.25, 0.3) is 0 Å². The smallest absolute Gasteiger partial charge is 0.123 e. The molecule has 27 heavy (non-hydrogen) atoms. The second-order valence-corrected chi connectivity index (χ2v) is 8.31. The highest BCUT2D eigenvalue weighted by molar-refractivity contribution is 5.23. The Morgan fingerprint density at radius 2 is 1.41 bits per heavy atom. The van der Waals surface area contributed by atoms with Gasteiger partial charge in [-0.25, -0.2) is 4.39 Å². The Bertz CT molecular complexity index is 716. The van der Waals surface area contributed by atoms with Crippen molar-refractivity contribution < 1.29 is 9.50 Å². The van der Waals surface area contributed by atoms with Gasteiger partial charge in [-0.05, 0) is 55.5 Å². The minimum atomic E-state index is -0.607. The molecule has 0 amide bonds. The Hall–Kier alpha value is -1.75. The molecular formula is C23H31FN2O. The topological polar surface area (TPSA) is 26.7 Å². The average Bonchev–Trinajstić information content (AvgIpc) is 2.62. The molecule has 1 aliphatic rings. The van der Waals surface area contributed by atoms with Gasteiger partial charge in [0.2, 0.25) is 0 Å². The maximum Gasteiger partial charge on any atom is 0.123 e. The largest absolute Gasteiger partial charge is 0.390 e. The predicted molar refractivity (Wildman–Crippen MR) is 108 cm³/mol. The first kappa shape index (κ1) is 20.0. The molecular weight excluding hydrogens is 339 g/mol. The van der Waals surface area contributed by atoms with E-state index in [1.165, 1.54) is 17.2 Å². The molecule has 1 heterocycles. The molecule has 3 nitrogen and oxygen atoms in total. The summed E-state index contributed by atoms with van der Waals surface area (Å²) in [4.78, 5) is 4.87. The molecule has 0 saturated carbocycles. The highest BCUT2D eigenvalue weighted by atomic mass is 19.1. The molecule has 0 spiro atoms. The normalized spacial score (nSPS) is 16.6. The van der Waals surface area contributed by atoms with Crippen molar-refractivity contribution in [2.24, 2.45) is 0 Å². The molecule has 146 valence electrons. The maximum absolute atomic E-state index is 13.3. The Morgan fingerprint density at radius 3 is 1.96 bits per heavy atom. The molecule has 0 radical (unpaired) electrons. The predicted octanol–water partition coefficient (Wildman–Crippen LogP) is 3.85. The third kappa shape index (κ3) is 6.73. The summed E-state index contributed by atoms with van der Waals surface area (Å²) in [6.07, 6.45) is 1.68. The lowest BCUT2D eigenvalue weighted by Crippen LogP contribution is -2.45. The number of nitrogens with zero attached hydrogens (tertiary/aromatic N) is 2. The second kappa shape index (κ2) is 8.96. The Balaban J connectivity index is 1.43. The summed E-state index contributed by atoms with van der Waals surface area (Å²) in [6.45, 7) is 9.61. The van der Waals surface area contributed by atoms with Crippen LogP contribution >= 0.6 is 0 Å². The van der Waals surface area contributed by atoms with Gasteiger partial charge in [0, 0.05) is 39.3 Å². The number of benzene rings is 2. The van der Waals surface area contributed by atoms with Crippen molar-refractivity contribution in [3.8, 4) is 0 Å². The standard InChI is InChI=1S/C23H31FN2O/c1-23(2,27)11-10-19-6-8-20(9-7-19)17-25-12-14-26(15-13-25)18-21-4-3-5-22(24)16-21/h3-9,16,27H,10-15,17-18H2,1-2H3. The molecule has 0 aliphatic carbocycles. The van der Waals surface area contributed by atoms with Crippen LogP contribution in [-0.4, -0.2) is 46.7 Å². The fourth-order valence-electron chi connectivity index (χ4n) is 3.52. The van der Waals surface area contributed by atoms with Gasteiger partial charge in [0.1, 0.15) is 5.82 Å². The highest BCUT2D eigenvalue weighted by Crippen LogP contribution is 2.16. The van der Waals surface area contributed by atoms with E-state index in [1.807, 2.05) is 19.9 Å². The lowest BCUT2D eigenvalue weighted by atomic mass is 9.98. The molecule has 1 fully saturated rings. The average molecular weight is 371 g/mol. The van der Waals surface area contributed by atoms with E-state index in [2.05, 4.69) is 34.1 Å². The Morgan fingerprint density at radius 1 is 0.852 bits per heavy atom. The highest BCUT2D eigenvalue weighted by Gasteiger charge is 2.17. The molecule has 2 aromatic carbocycles. The van der Waals surface area contributed by atoms with Crippen molar-refractivity contribution >= 4 is 0 Å². The first-order chi connectivity index (χ1) is 12.9. The van der Waals surface area contributed by atoms with Crippen LogP contribution in [-0.2, 0) is 19.5 Å². The van der Waals surface area contributed by atoms with Crippen molar-refractivity contribution in [1.82, 2.24) is 9.80 Å². The summed E-state index contributed by atoms with van der Waals surface area (Å²) in [5.74, 6) is -0.155. The summed E-state index contributed by atoms with van der Waals surface area (Å²) in [7, 11) is 0. The lowest BCUT2D eigenvalue weighted by molar-refractivity contribution is 0.0714. The molecule has 3 rings (SSSR count). The van der Waals surface area contributed by atoms with Crippen LogP contribution in [0.1, 0.15) is 37.0 Å². The zero-order valence-electron chi connectivity index (χ0n) is 16.5. The number of hydrogen-bond donors (Lipinski definition) is 1. The quantitative estimate of drug-likeness (QED) is 0.802. The van der Waals surface area contributed by atoms with Gasteiger partial charge in [0.25, 0.3) is 0 Å². The zero-order valence-corrected chi connectivity index (χ0v) is 16.5. The monoisotopic (exact) mass is 370 g/mol.